The summed E-state index contributed by atoms with van der Waals surface area (Å²) in [5.41, 5.74) is 1.59. The smallest absolute Gasteiger partial charge is 0.146 e. The van der Waals surface area contributed by atoms with Gasteiger partial charge in [0.25, 0.3) is 0 Å². The third-order valence-corrected chi connectivity index (χ3v) is 2.86. The van der Waals surface area contributed by atoms with Gasteiger partial charge in [0.05, 0.1) is 17.6 Å². The number of aromatic nitrogens is 3. The number of allylic oxidation sites excluding steroid dienone is 2. The molecular formula is C16H18N4O. The van der Waals surface area contributed by atoms with Crippen LogP contribution >= 0.6 is 0 Å². The summed E-state index contributed by atoms with van der Waals surface area (Å²) in [5, 5.41) is 0. The number of ether oxygens (including phenoxy) is 1. The zero-order chi connectivity index (χ0) is 15.1. The van der Waals surface area contributed by atoms with Crippen molar-refractivity contribution in [1.29, 1.82) is 0 Å². The Morgan fingerprint density at radius 1 is 1.38 bits per heavy atom. The third kappa shape index (κ3) is 4.14. The Morgan fingerprint density at radius 3 is 2.86 bits per heavy atom. The molecule has 108 valence electrons. The molecule has 0 amide bonds. The van der Waals surface area contributed by atoms with Crippen molar-refractivity contribution in [2.75, 3.05) is 0 Å². The number of nitrogens with zero attached hydrogens (tertiary/aromatic N) is 4. The zero-order valence-electron chi connectivity index (χ0n) is 12.2. The number of imidazole rings is 1. The Kier molecular flexibility index (Phi) is 5.04. The molecule has 2 aromatic rings. The SMILES string of the molecule is C=C(C=N/C(=C\C)c1ccccn1)OCc1nccn1C. The second-order valence-corrected chi connectivity index (χ2v) is 4.36. The van der Waals surface area contributed by atoms with E-state index in [0.717, 1.165) is 17.2 Å². The summed E-state index contributed by atoms with van der Waals surface area (Å²) in [7, 11) is 1.92. The van der Waals surface area contributed by atoms with Crippen molar-refractivity contribution in [2.24, 2.45) is 12.0 Å². The molecule has 0 aromatic carbocycles. The Balaban J connectivity index is 1.94. The summed E-state index contributed by atoms with van der Waals surface area (Å²) in [6.07, 6.45) is 8.82. The second-order valence-electron chi connectivity index (χ2n) is 4.36. The summed E-state index contributed by atoms with van der Waals surface area (Å²) >= 11 is 0. The first-order chi connectivity index (χ1) is 10.2. The maximum Gasteiger partial charge on any atom is 0.146 e. The van der Waals surface area contributed by atoms with Crippen LogP contribution in [-0.2, 0) is 18.4 Å². The number of pyridine rings is 1. The molecule has 0 aliphatic carbocycles. The van der Waals surface area contributed by atoms with Crippen LogP contribution in [0.15, 0.2) is 60.2 Å². The van der Waals surface area contributed by atoms with Crippen molar-refractivity contribution >= 4 is 11.9 Å². The largest absolute Gasteiger partial charge is 0.485 e. The van der Waals surface area contributed by atoms with Gasteiger partial charge in [0.1, 0.15) is 18.2 Å². The molecule has 0 unspecified atom stereocenters. The summed E-state index contributed by atoms with van der Waals surface area (Å²) in [4.78, 5) is 12.8. The maximum absolute atomic E-state index is 5.52. The average molecular weight is 282 g/mol. The predicted octanol–water partition coefficient (Wildman–Crippen LogP) is 2.98. The Hall–Kier alpha value is -2.69. The molecule has 21 heavy (non-hydrogen) atoms. The fourth-order valence-electron chi connectivity index (χ4n) is 1.67. The van der Waals surface area contributed by atoms with Crippen molar-refractivity contribution < 1.29 is 4.74 Å². The van der Waals surface area contributed by atoms with Gasteiger partial charge in [-0.05, 0) is 19.1 Å². The van der Waals surface area contributed by atoms with Gasteiger partial charge >= 0.3 is 0 Å². The maximum atomic E-state index is 5.52. The first-order valence-corrected chi connectivity index (χ1v) is 6.60. The molecular weight excluding hydrogens is 264 g/mol. The van der Waals surface area contributed by atoms with Crippen LogP contribution in [0.2, 0.25) is 0 Å². The zero-order valence-corrected chi connectivity index (χ0v) is 12.2. The van der Waals surface area contributed by atoms with Crippen molar-refractivity contribution in [1.82, 2.24) is 14.5 Å². The molecule has 0 fully saturated rings. The highest BCUT2D eigenvalue weighted by Crippen LogP contribution is 2.12. The number of aliphatic imine (C=N–C) groups is 1. The fraction of sp³-hybridized carbons (Fsp3) is 0.188. The lowest BCUT2D eigenvalue weighted by molar-refractivity contribution is 0.210. The molecule has 0 radical (unpaired) electrons. The first kappa shape index (κ1) is 14.7. The Labute approximate surface area is 124 Å². The normalized spacial score (nSPS) is 11.8. The monoisotopic (exact) mass is 282 g/mol. The van der Waals surface area contributed by atoms with E-state index in [4.69, 9.17) is 4.74 Å². The predicted molar refractivity (Wildman–Crippen MR) is 83.5 cm³/mol. The van der Waals surface area contributed by atoms with Crippen LogP contribution in [0.25, 0.3) is 5.70 Å². The van der Waals surface area contributed by atoms with Gasteiger partial charge in [-0.15, -0.1) is 0 Å². The van der Waals surface area contributed by atoms with Crippen molar-refractivity contribution in [3.05, 3.63) is 66.7 Å². The number of aryl methyl sites for hydroxylation is 1. The minimum Gasteiger partial charge on any atom is -0.485 e. The third-order valence-electron chi connectivity index (χ3n) is 2.86. The summed E-state index contributed by atoms with van der Waals surface area (Å²) in [6, 6.07) is 5.70. The van der Waals surface area contributed by atoms with E-state index in [1.807, 2.05) is 49.0 Å². The Bertz CT molecular complexity index is 656. The summed E-state index contributed by atoms with van der Waals surface area (Å²) in [6.45, 7) is 6.11. The van der Waals surface area contributed by atoms with E-state index in [9.17, 15) is 0 Å². The lowest BCUT2D eigenvalue weighted by Gasteiger charge is -2.05. The van der Waals surface area contributed by atoms with Gasteiger partial charge in [0.15, 0.2) is 0 Å². The molecule has 0 atom stereocenters. The number of hydrogen-bond acceptors (Lipinski definition) is 4. The van der Waals surface area contributed by atoms with Gasteiger partial charge in [-0.2, -0.15) is 0 Å². The van der Waals surface area contributed by atoms with Crippen LogP contribution < -0.4 is 0 Å². The van der Waals surface area contributed by atoms with E-state index < -0.39 is 0 Å². The van der Waals surface area contributed by atoms with Gasteiger partial charge in [-0.1, -0.05) is 18.7 Å². The van der Waals surface area contributed by atoms with Crippen molar-refractivity contribution in [2.45, 2.75) is 13.5 Å². The van der Waals surface area contributed by atoms with Gasteiger partial charge in [0.2, 0.25) is 0 Å². The molecule has 0 aliphatic rings. The van der Waals surface area contributed by atoms with Crippen LogP contribution in [0, 0.1) is 0 Å². The summed E-state index contributed by atoms with van der Waals surface area (Å²) < 4.78 is 7.42. The van der Waals surface area contributed by atoms with Crippen LogP contribution in [0.4, 0.5) is 0 Å². The van der Waals surface area contributed by atoms with Gasteiger partial charge in [0, 0.05) is 25.6 Å². The van der Waals surface area contributed by atoms with E-state index in [-0.39, 0.29) is 0 Å². The van der Waals surface area contributed by atoms with Crippen molar-refractivity contribution in [3.63, 3.8) is 0 Å². The first-order valence-electron chi connectivity index (χ1n) is 6.60. The molecule has 0 saturated carbocycles. The lowest BCUT2D eigenvalue weighted by atomic mass is 10.3. The highest BCUT2D eigenvalue weighted by Gasteiger charge is 2.01. The molecule has 5 heteroatoms. The molecule has 5 nitrogen and oxygen atoms in total. The molecule has 2 aromatic heterocycles. The van der Waals surface area contributed by atoms with Crippen molar-refractivity contribution in [3.8, 4) is 0 Å². The average Bonchev–Trinajstić information content (AvgIpc) is 2.92. The van der Waals surface area contributed by atoms with E-state index in [2.05, 4.69) is 21.5 Å². The lowest BCUT2D eigenvalue weighted by Crippen LogP contribution is -2.01. The minimum atomic E-state index is 0.364. The van der Waals surface area contributed by atoms with E-state index >= 15 is 0 Å². The molecule has 2 rings (SSSR count). The highest BCUT2D eigenvalue weighted by atomic mass is 16.5. The van der Waals surface area contributed by atoms with Gasteiger partial charge < -0.3 is 9.30 Å². The van der Waals surface area contributed by atoms with E-state index in [1.165, 1.54) is 0 Å². The van der Waals surface area contributed by atoms with E-state index in [1.54, 1.807) is 18.6 Å². The molecule has 0 bridgehead atoms. The fourth-order valence-corrected chi connectivity index (χ4v) is 1.67. The quantitative estimate of drug-likeness (QED) is 0.604. The second kappa shape index (κ2) is 7.19. The minimum absolute atomic E-state index is 0.364. The van der Waals surface area contributed by atoms with Crippen LogP contribution in [-0.4, -0.2) is 20.7 Å². The van der Waals surface area contributed by atoms with Gasteiger partial charge in [-0.3, -0.25) is 9.98 Å². The summed E-state index contributed by atoms with van der Waals surface area (Å²) in [5.74, 6) is 1.31. The topological polar surface area (TPSA) is 52.3 Å². The standard InChI is InChI=1S/C16H18N4O/c1-4-14(15-7-5-6-8-17-15)19-11-13(2)21-12-16-18-9-10-20(16)3/h4-11H,2,12H2,1,3H3/b14-4-,19-11?. The molecule has 0 spiro atoms. The molecule has 0 saturated heterocycles. The highest BCUT2D eigenvalue weighted by molar-refractivity contribution is 5.81. The molecule has 0 N–H and O–H groups in total. The number of rotatable bonds is 6. The van der Waals surface area contributed by atoms with Crippen LogP contribution in [0.1, 0.15) is 18.4 Å². The Morgan fingerprint density at radius 2 is 2.24 bits per heavy atom. The van der Waals surface area contributed by atoms with E-state index in [0.29, 0.717) is 12.4 Å². The number of hydrogen-bond donors (Lipinski definition) is 0. The molecule has 0 aliphatic heterocycles. The van der Waals surface area contributed by atoms with Crippen LogP contribution in [0.5, 0.6) is 0 Å². The molecule has 2 heterocycles. The van der Waals surface area contributed by atoms with Crippen LogP contribution in [0.3, 0.4) is 0 Å². The van der Waals surface area contributed by atoms with Gasteiger partial charge in [-0.25, -0.2) is 4.98 Å².